The normalized spacial score (nSPS) is 14.0. The van der Waals surface area contributed by atoms with Gasteiger partial charge in [0.2, 0.25) is 5.91 Å². The van der Waals surface area contributed by atoms with Gasteiger partial charge in [0.25, 0.3) is 0 Å². The zero-order chi connectivity index (χ0) is 14.5. The molecule has 1 amide bonds. The number of amides is 1. The first-order chi connectivity index (χ1) is 8.86. The highest BCUT2D eigenvalue weighted by atomic mass is 19.3. The number of hydrogen-bond donors (Lipinski definition) is 2. The molecule has 0 heterocycles. The lowest BCUT2D eigenvalue weighted by Gasteiger charge is -2.22. The van der Waals surface area contributed by atoms with Crippen LogP contribution in [0, 0.1) is 0 Å². The summed E-state index contributed by atoms with van der Waals surface area (Å²) in [4.78, 5) is 11.8. The minimum atomic E-state index is -2.90. The minimum absolute atomic E-state index is 0.0491. The number of nitrogens with two attached hydrogens (primary N) is 1. The third-order valence-corrected chi connectivity index (χ3v) is 2.88. The van der Waals surface area contributed by atoms with Gasteiger partial charge < -0.3 is 15.8 Å². The van der Waals surface area contributed by atoms with E-state index in [4.69, 9.17) is 5.73 Å². The lowest BCUT2D eigenvalue weighted by atomic mass is 9.99. The fourth-order valence-electron chi connectivity index (χ4n) is 1.40. The Kier molecular flexibility index (Phi) is 5.23. The van der Waals surface area contributed by atoms with Crippen molar-refractivity contribution in [2.24, 2.45) is 5.73 Å². The number of hydrogen-bond acceptors (Lipinski definition) is 3. The molecule has 1 rings (SSSR count). The molecule has 0 aliphatic rings. The van der Waals surface area contributed by atoms with E-state index in [1.165, 1.54) is 6.07 Å². The summed E-state index contributed by atoms with van der Waals surface area (Å²) in [5, 5.41) is 2.61. The van der Waals surface area contributed by atoms with Gasteiger partial charge in [-0.2, -0.15) is 8.78 Å². The Bertz CT molecular complexity index is 436. The standard InChI is InChI=1S/C13H18F2N2O2/c1-3-13(2,16)11(18)17-8-9-6-4-5-7-10(9)19-12(14)15/h4-7,12H,3,8,16H2,1-2H3,(H,17,18). The number of ether oxygens (including phenoxy) is 1. The summed E-state index contributed by atoms with van der Waals surface area (Å²) >= 11 is 0. The molecule has 1 atom stereocenters. The highest BCUT2D eigenvalue weighted by Crippen LogP contribution is 2.20. The number of halogens is 2. The van der Waals surface area contributed by atoms with Crippen molar-refractivity contribution >= 4 is 5.91 Å². The first-order valence-electron chi connectivity index (χ1n) is 5.96. The molecule has 0 fully saturated rings. The molecule has 3 N–H and O–H groups in total. The van der Waals surface area contributed by atoms with Gasteiger partial charge in [-0.3, -0.25) is 4.79 Å². The minimum Gasteiger partial charge on any atom is -0.434 e. The monoisotopic (exact) mass is 272 g/mol. The van der Waals surface area contributed by atoms with E-state index in [1.807, 2.05) is 0 Å². The average Bonchev–Trinajstić information content (AvgIpc) is 2.36. The van der Waals surface area contributed by atoms with Crippen LogP contribution < -0.4 is 15.8 Å². The summed E-state index contributed by atoms with van der Waals surface area (Å²) < 4.78 is 28.8. The van der Waals surface area contributed by atoms with Crippen LogP contribution in [0.15, 0.2) is 24.3 Å². The molecule has 0 aromatic heterocycles. The highest BCUT2D eigenvalue weighted by molar-refractivity contribution is 5.85. The quantitative estimate of drug-likeness (QED) is 0.832. The molecule has 0 spiro atoms. The molecule has 106 valence electrons. The van der Waals surface area contributed by atoms with Gasteiger partial charge in [-0.25, -0.2) is 0 Å². The van der Waals surface area contributed by atoms with Crippen molar-refractivity contribution in [1.82, 2.24) is 5.32 Å². The van der Waals surface area contributed by atoms with Gasteiger partial charge in [-0.05, 0) is 19.4 Å². The number of nitrogens with one attached hydrogen (secondary N) is 1. The summed E-state index contributed by atoms with van der Waals surface area (Å²) in [6.07, 6.45) is 0.480. The van der Waals surface area contributed by atoms with Crippen LogP contribution in [0.3, 0.4) is 0 Å². The Morgan fingerprint density at radius 3 is 2.68 bits per heavy atom. The van der Waals surface area contributed by atoms with E-state index in [9.17, 15) is 13.6 Å². The Hall–Kier alpha value is -1.69. The number of alkyl halides is 2. The second kappa shape index (κ2) is 6.47. The van der Waals surface area contributed by atoms with Gasteiger partial charge >= 0.3 is 6.61 Å². The maximum atomic E-state index is 12.2. The van der Waals surface area contributed by atoms with E-state index in [1.54, 1.807) is 32.0 Å². The van der Waals surface area contributed by atoms with Gasteiger partial charge in [-0.1, -0.05) is 25.1 Å². The number of carbonyl (C=O) groups excluding carboxylic acids is 1. The van der Waals surface area contributed by atoms with Crippen molar-refractivity contribution in [1.29, 1.82) is 0 Å². The summed E-state index contributed by atoms with van der Waals surface area (Å²) in [5.74, 6) is -0.283. The predicted octanol–water partition coefficient (Wildman–Crippen LogP) is 2.03. The molecule has 0 aliphatic heterocycles. The lowest BCUT2D eigenvalue weighted by Crippen LogP contribution is -2.50. The Morgan fingerprint density at radius 1 is 1.47 bits per heavy atom. The number of rotatable bonds is 6. The number of benzene rings is 1. The number of para-hydroxylation sites is 1. The van der Waals surface area contributed by atoms with Crippen molar-refractivity contribution in [3.63, 3.8) is 0 Å². The zero-order valence-electron chi connectivity index (χ0n) is 11.0. The molecular weight excluding hydrogens is 254 g/mol. The fourth-order valence-corrected chi connectivity index (χ4v) is 1.40. The maximum Gasteiger partial charge on any atom is 0.387 e. The molecule has 1 aromatic rings. The molecule has 0 aliphatic carbocycles. The molecule has 0 radical (unpaired) electrons. The molecular formula is C13H18F2N2O2. The molecule has 6 heteroatoms. The zero-order valence-corrected chi connectivity index (χ0v) is 11.0. The van der Waals surface area contributed by atoms with Crippen LogP contribution >= 0.6 is 0 Å². The third kappa shape index (κ3) is 4.48. The SMILES string of the molecule is CCC(C)(N)C(=O)NCc1ccccc1OC(F)F. The van der Waals surface area contributed by atoms with E-state index in [2.05, 4.69) is 10.1 Å². The van der Waals surface area contributed by atoms with Gasteiger partial charge in [0.05, 0.1) is 5.54 Å². The van der Waals surface area contributed by atoms with E-state index in [0.29, 0.717) is 12.0 Å². The molecule has 0 bridgehead atoms. The molecule has 1 aromatic carbocycles. The van der Waals surface area contributed by atoms with Gasteiger partial charge in [0, 0.05) is 12.1 Å². The average molecular weight is 272 g/mol. The van der Waals surface area contributed by atoms with E-state index >= 15 is 0 Å². The summed E-state index contributed by atoms with van der Waals surface area (Å²) in [6, 6.07) is 6.30. The smallest absolute Gasteiger partial charge is 0.387 e. The third-order valence-electron chi connectivity index (χ3n) is 2.88. The van der Waals surface area contributed by atoms with E-state index in [0.717, 1.165) is 0 Å². The Balaban J connectivity index is 2.70. The first-order valence-corrected chi connectivity index (χ1v) is 5.96. The first kappa shape index (κ1) is 15.4. The highest BCUT2D eigenvalue weighted by Gasteiger charge is 2.25. The topological polar surface area (TPSA) is 64.4 Å². The van der Waals surface area contributed by atoms with Gasteiger partial charge in [-0.15, -0.1) is 0 Å². The predicted molar refractivity (Wildman–Crippen MR) is 67.8 cm³/mol. The van der Waals surface area contributed by atoms with Crippen molar-refractivity contribution in [2.45, 2.75) is 39.0 Å². The van der Waals surface area contributed by atoms with E-state index in [-0.39, 0.29) is 18.2 Å². The largest absolute Gasteiger partial charge is 0.434 e. The van der Waals surface area contributed by atoms with Crippen LogP contribution in [0.1, 0.15) is 25.8 Å². The van der Waals surface area contributed by atoms with Crippen LogP contribution in [0.2, 0.25) is 0 Å². The molecule has 4 nitrogen and oxygen atoms in total. The van der Waals surface area contributed by atoms with Crippen molar-refractivity contribution in [2.75, 3.05) is 0 Å². The lowest BCUT2D eigenvalue weighted by molar-refractivity contribution is -0.126. The number of carbonyl (C=O) groups is 1. The molecule has 0 saturated heterocycles. The van der Waals surface area contributed by atoms with Gasteiger partial charge in [0.1, 0.15) is 5.75 Å². The van der Waals surface area contributed by atoms with E-state index < -0.39 is 12.2 Å². The van der Waals surface area contributed by atoms with Crippen LogP contribution in [-0.4, -0.2) is 18.1 Å². The maximum absolute atomic E-state index is 12.2. The molecule has 1 unspecified atom stereocenters. The fraction of sp³-hybridized carbons (Fsp3) is 0.462. The van der Waals surface area contributed by atoms with Crippen molar-refractivity contribution in [3.05, 3.63) is 29.8 Å². The second-order valence-corrected chi connectivity index (χ2v) is 4.44. The van der Waals surface area contributed by atoms with Crippen LogP contribution in [0.4, 0.5) is 8.78 Å². The summed E-state index contributed by atoms with van der Waals surface area (Å²) in [5.41, 5.74) is 5.28. The molecule has 19 heavy (non-hydrogen) atoms. The van der Waals surface area contributed by atoms with Crippen molar-refractivity contribution in [3.8, 4) is 5.75 Å². The second-order valence-electron chi connectivity index (χ2n) is 4.44. The Morgan fingerprint density at radius 2 is 2.11 bits per heavy atom. The van der Waals surface area contributed by atoms with Crippen molar-refractivity contribution < 1.29 is 18.3 Å². The summed E-state index contributed by atoms with van der Waals surface area (Å²) in [7, 11) is 0. The Labute approximate surface area is 110 Å². The van der Waals surface area contributed by atoms with Crippen LogP contribution in [-0.2, 0) is 11.3 Å². The molecule has 0 saturated carbocycles. The van der Waals surface area contributed by atoms with Crippen LogP contribution in [0.25, 0.3) is 0 Å². The van der Waals surface area contributed by atoms with Crippen LogP contribution in [0.5, 0.6) is 5.75 Å². The summed E-state index contributed by atoms with van der Waals surface area (Å²) in [6.45, 7) is 0.610. The van der Waals surface area contributed by atoms with Gasteiger partial charge in [0.15, 0.2) is 0 Å².